The van der Waals surface area contributed by atoms with Crippen LogP contribution in [0.1, 0.15) is 42.5 Å². The summed E-state index contributed by atoms with van der Waals surface area (Å²) in [5.74, 6) is -1.42. The molecule has 4 rings (SSSR count). The number of fused-ring (bicyclic) bond motifs is 1. The molecule has 3 aliphatic heterocycles. The molecule has 40 heavy (non-hydrogen) atoms. The molecule has 2 atom stereocenters. The lowest BCUT2D eigenvalue weighted by Crippen LogP contribution is -2.61. The SMILES string of the molecule is CN(C)[C@@H]1CCN2C(=O)CC3(CCN(C(=O)c4ccc(F)cc4)CC3)NC(=O)COCCOCCNC(=O)[C@@H]2C1. The molecule has 3 fully saturated rings. The zero-order valence-corrected chi connectivity index (χ0v) is 23.3. The molecule has 1 aromatic rings. The van der Waals surface area contributed by atoms with Gasteiger partial charge in [0.1, 0.15) is 18.5 Å². The predicted molar refractivity (Wildman–Crippen MR) is 144 cm³/mol. The minimum absolute atomic E-state index is 0.0108. The van der Waals surface area contributed by atoms with E-state index in [2.05, 4.69) is 15.5 Å². The Morgan fingerprint density at radius 1 is 1.02 bits per heavy atom. The lowest BCUT2D eigenvalue weighted by atomic mass is 9.82. The summed E-state index contributed by atoms with van der Waals surface area (Å²) in [5, 5.41) is 5.94. The summed E-state index contributed by atoms with van der Waals surface area (Å²) in [6.45, 7) is 1.99. The van der Waals surface area contributed by atoms with Crippen LogP contribution in [0.15, 0.2) is 24.3 Å². The monoisotopic (exact) mass is 561 g/mol. The van der Waals surface area contributed by atoms with E-state index in [4.69, 9.17) is 9.47 Å². The molecule has 12 heteroatoms. The number of carbonyl (C=O) groups is 4. The Hall–Kier alpha value is -3.09. The first kappa shape index (κ1) is 29.9. The highest BCUT2D eigenvalue weighted by molar-refractivity contribution is 5.94. The first-order valence-corrected chi connectivity index (χ1v) is 13.9. The van der Waals surface area contributed by atoms with Gasteiger partial charge in [-0.2, -0.15) is 0 Å². The van der Waals surface area contributed by atoms with E-state index >= 15 is 0 Å². The molecule has 1 spiro atoms. The van der Waals surface area contributed by atoms with E-state index in [-0.39, 0.29) is 55.9 Å². The second kappa shape index (κ2) is 13.5. The molecule has 0 bridgehead atoms. The number of piperidine rings is 2. The highest BCUT2D eigenvalue weighted by Crippen LogP contribution is 2.30. The summed E-state index contributed by atoms with van der Waals surface area (Å²) in [4.78, 5) is 58.3. The van der Waals surface area contributed by atoms with Crippen molar-refractivity contribution in [1.29, 1.82) is 0 Å². The van der Waals surface area contributed by atoms with Gasteiger partial charge in [-0.25, -0.2) is 4.39 Å². The number of benzene rings is 1. The van der Waals surface area contributed by atoms with E-state index in [0.717, 1.165) is 6.42 Å². The van der Waals surface area contributed by atoms with Crippen molar-refractivity contribution in [3.8, 4) is 0 Å². The fourth-order valence-electron chi connectivity index (χ4n) is 5.69. The molecule has 3 saturated heterocycles. The number of rotatable bonds is 2. The second-order valence-corrected chi connectivity index (χ2v) is 11.0. The molecule has 220 valence electrons. The number of nitrogens with zero attached hydrogens (tertiary/aromatic N) is 3. The van der Waals surface area contributed by atoms with Crippen molar-refractivity contribution in [2.75, 3.05) is 66.7 Å². The number of hydrogen-bond acceptors (Lipinski definition) is 7. The van der Waals surface area contributed by atoms with Gasteiger partial charge in [0.05, 0.1) is 31.8 Å². The zero-order chi connectivity index (χ0) is 28.7. The molecule has 4 amide bonds. The third kappa shape index (κ3) is 7.55. The number of carbonyl (C=O) groups excluding carboxylic acids is 4. The number of ether oxygens (including phenoxy) is 2. The van der Waals surface area contributed by atoms with Crippen molar-refractivity contribution in [2.45, 2.75) is 49.7 Å². The van der Waals surface area contributed by atoms with Crippen LogP contribution in [0.2, 0.25) is 0 Å². The Kier molecular flexibility index (Phi) is 10.1. The first-order chi connectivity index (χ1) is 19.2. The van der Waals surface area contributed by atoms with Crippen LogP contribution in [0.25, 0.3) is 0 Å². The first-order valence-electron chi connectivity index (χ1n) is 13.9. The Bertz CT molecular complexity index is 1060. The molecule has 0 aliphatic carbocycles. The molecular formula is C28H40FN5O6. The summed E-state index contributed by atoms with van der Waals surface area (Å²) in [6.07, 6.45) is 1.96. The summed E-state index contributed by atoms with van der Waals surface area (Å²) < 4.78 is 24.3. The third-order valence-electron chi connectivity index (χ3n) is 8.07. The van der Waals surface area contributed by atoms with Crippen LogP contribution in [-0.2, 0) is 23.9 Å². The lowest BCUT2D eigenvalue weighted by molar-refractivity contribution is -0.146. The van der Waals surface area contributed by atoms with Crippen LogP contribution in [0.5, 0.6) is 0 Å². The maximum absolute atomic E-state index is 13.8. The molecule has 2 N–H and O–H groups in total. The van der Waals surface area contributed by atoms with Crippen molar-refractivity contribution in [3.63, 3.8) is 0 Å². The van der Waals surface area contributed by atoms with Gasteiger partial charge in [-0.3, -0.25) is 19.2 Å². The van der Waals surface area contributed by atoms with Gasteiger partial charge < -0.3 is 34.8 Å². The van der Waals surface area contributed by atoms with Crippen LogP contribution in [0.4, 0.5) is 4.39 Å². The molecule has 1 aromatic carbocycles. The minimum atomic E-state index is -0.899. The van der Waals surface area contributed by atoms with Gasteiger partial charge in [-0.1, -0.05) is 0 Å². The van der Waals surface area contributed by atoms with E-state index in [1.165, 1.54) is 24.3 Å². The van der Waals surface area contributed by atoms with Gasteiger partial charge >= 0.3 is 0 Å². The topological polar surface area (TPSA) is 121 Å². The van der Waals surface area contributed by atoms with Gasteiger partial charge in [-0.05, 0) is 64.0 Å². The van der Waals surface area contributed by atoms with Crippen LogP contribution >= 0.6 is 0 Å². The summed E-state index contributed by atoms with van der Waals surface area (Å²) in [6, 6.07) is 4.92. The summed E-state index contributed by atoms with van der Waals surface area (Å²) >= 11 is 0. The Morgan fingerprint density at radius 2 is 1.73 bits per heavy atom. The van der Waals surface area contributed by atoms with E-state index in [1.54, 1.807) is 9.80 Å². The van der Waals surface area contributed by atoms with E-state index in [0.29, 0.717) is 57.6 Å². The molecule has 3 aliphatic rings. The molecular weight excluding hydrogens is 521 g/mol. The van der Waals surface area contributed by atoms with Crippen molar-refractivity contribution in [2.24, 2.45) is 0 Å². The third-order valence-corrected chi connectivity index (χ3v) is 8.07. The van der Waals surface area contributed by atoms with Gasteiger partial charge in [0.2, 0.25) is 17.7 Å². The maximum atomic E-state index is 13.8. The predicted octanol–water partition coefficient (Wildman–Crippen LogP) is 0.391. The fraction of sp³-hybridized carbons (Fsp3) is 0.643. The number of halogens is 1. The van der Waals surface area contributed by atoms with Crippen molar-refractivity contribution >= 4 is 23.6 Å². The van der Waals surface area contributed by atoms with Crippen LogP contribution in [0, 0.1) is 5.82 Å². The largest absolute Gasteiger partial charge is 0.377 e. The standard InChI is InChI=1S/C28H40FN5O6/c1-32(2)22-7-11-34-23(17-22)26(37)30-10-14-39-15-16-40-19-24(35)31-28(18-25(34)36)8-12-33(13-9-28)27(38)20-3-5-21(29)6-4-20/h3-6,22-23H,7-19H2,1-2H3,(H,30,37)(H,31,35)/t22-,23+/m1/s1. The molecule has 11 nitrogen and oxygen atoms in total. The number of hydrogen-bond donors (Lipinski definition) is 2. The maximum Gasteiger partial charge on any atom is 0.253 e. The van der Waals surface area contributed by atoms with Crippen LogP contribution in [0.3, 0.4) is 0 Å². The smallest absolute Gasteiger partial charge is 0.253 e. The summed E-state index contributed by atoms with van der Waals surface area (Å²) in [5.41, 5.74) is -0.520. The normalized spacial score (nSPS) is 25.4. The van der Waals surface area contributed by atoms with Crippen LogP contribution < -0.4 is 10.6 Å². The highest BCUT2D eigenvalue weighted by atomic mass is 19.1. The zero-order valence-electron chi connectivity index (χ0n) is 23.3. The van der Waals surface area contributed by atoms with Crippen molar-refractivity contribution in [1.82, 2.24) is 25.3 Å². The Balaban J connectivity index is 1.52. The second-order valence-electron chi connectivity index (χ2n) is 11.0. The molecule has 0 unspecified atom stereocenters. The van der Waals surface area contributed by atoms with Gasteiger partial charge in [0.15, 0.2) is 0 Å². The average Bonchev–Trinajstić information content (AvgIpc) is 2.93. The number of amides is 4. The molecule has 3 heterocycles. The molecule has 0 aromatic heterocycles. The molecule has 0 radical (unpaired) electrons. The van der Waals surface area contributed by atoms with Crippen molar-refractivity contribution < 1.29 is 33.0 Å². The highest BCUT2D eigenvalue weighted by Gasteiger charge is 2.43. The van der Waals surface area contributed by atoms with Gasteiger partial charge in [0, 0.05) is 37.8 Å². The number of nitrogens with one attached hydrogen (secondary N) is 2. The fourth-order valence-corrected chi connectivity index (χ4v) is 5.69. The quantitative estimate of drug-likeness (QED) is 0.536. The lowest BCUT2D eigenvalue weighted by Gasteiger charge is -2.45. The van der Waals surface area contributed by atoms with E-state index < -0.39 is 17.4 Å². The minimum Gasteiger partial charge on any atom is -0.377 e. The number of likely N-dealkylation sites (tertiary alicyclic amines) is 1. The molecule has 0 saturated carbocycles. The average molecular weight is 562 g/mol. The Labute approximate surface area is 234 Å². The van der Waals surface area contributed by atoms with Crippen molar-refractivity contribution in [3.05, 3.63) is 35.6 Å². The van der Waals surface area contributed by atoms with Gasteiger partial charge in [-0.15, -0.1) is 0 Å². The Morgan fingerprint density at radius 3 is 2.42 bits per heavy atom. The van der Waals surface area contributed by atoms with Crippen LogP contribution in [-0.4, -0.2) is 123 Å². The summed E-state index contributed by atoms with van der Waals surface area (Å²) in [7, 11) is 3.94. The van der Waals surface area contributed by atoms with E-state index in [9.17, 15) is 23.6 Å². The van der Waals surface area contributed by atoms with Gasteiger partial charge in [0.25, 0.3) is 5.91 Å². The van der Waals surface area contributed by atoms with E-state index in [1.807, 2.05) is 14.1 Å².